The largest absolute Gasteiger partial charge is 0.364 e. The summed E-state index contributed by atoms with van der Waals surface area (Å²) in [4.78, 5) is 25.3. The quantitative estimate of drug-likeness (QED) is 0.776. The minimum atomic E-state index is -0.458. The molecule has 0 aromatic heterocycles. The summed E-state index contributed by atoms with van der Waals surface area (Å²) in [5, 5.41) is 2.89. The Labute approximate surface area is 138 Å². The van der Waals surface area contributed by atoms with Gasteiger partial charge in [0.1, 0.15) is 25.3 Å². The molecule has 0 spiro atoms. The lowest BCUT2D eigenvalue weighted by atomic mass is 10.0. The number of rotatable bonds is 6. The summed E-state index contributed by atoms with van der Waals surface area (Å²) < 4.78 is 5.69. The molecule has 0 bridgehead atoms. The van der Waals surface area contributed by atoms with Gasteiger partial charge in [-0.3, -0.25) is 9.59 Å². The zero-order chi connectivity index (χ0) is 16.8. The summed E-state index contributed by atoms with van der Waals surface area (Å²) in [6.07, 6.45) is 0.858. The molecule has 1 aromatic carbocycles. The van der Waals surface area contributed by atoms with Crippen molar-refractivity contribution in [1.82, 2.24) is 5.32 Å². The van der Waals surface area contributed by atoms with Gasteiger partial charge in [0.25, 0.3) is 5.91 Å². The number of hydrogen-bond acceptors (Lipinski definition) is 3. The highest BCUT2D eigenvalue weighted by Gasteiger charge is 2.28. The number of ether oxygens (including phenoxy) is 1. The van der Waals surface area contributed by atoms with Gasteiger partial charge >= 0.3 is 0 Å². The Hall–Kier alpha value is -1.72. The Morgan fingerprint density at radius 2 is 1.83 bits per heavy atom. The third-order valence-electron chi connectivity index (χ3n) is 4.14. The maximum atomic E-state index is 12.3. The average Bonchev–Trinajstić information content (AvgIpc) is 2.46. The van der Waals surface area contributed by atoms with E-state index in [1.54, 1.807) is 0 Å². The maximum Gasteiger partial charge on any atom is 0.275 e. The van der Waals surface area contributed by atoms with Crippen molar-refractivity contribution < 1.29 is 19.2 Å². The number of carbonyl (C=O) groups is 2. The fourth-order valence-electron chi connectivity index (χ4n) is 3.15. The molecule has 0 aliphatic carbocycles. The molecule has 1 amide bonds. The van der Waals surface area contributed by atoms with Crippen LogP contribution in [0.25, 0.3) is 0 Å². The molecule has 5 nitrogen and oxygen atoms in total. The monoisotopic (exact) mass is 319 g/mol. The van der Waals surface area contributed by atoms with Gasteiger partial charge in [0.2, 0.25) is 0 Å². The molecule has 0 radical (unpaired) electrons. The molecular formula is C18H27N2O3+. The van der Waals surface area contributed by atoms with Crippen LogP contribution < -0.4 is 10.2 Å². The van der Waals surface area contributed by atoms with Gasteiger partial charge in [-0.2, -0.15) is 0 Å². The van der Waals surface area contributed by atoms with Crippen LogP contribution in [0, 0.1) is 0 Å². The van der Waals surface area contributed by atoms with Gasteiger partial charge in [-0.1, -0.05) is 30.3 Å². The lowest BCUT2D eigenvalue weighted by molar-refractivity contribution is -0.907. The second-order valence-corrected chi connectivity index (χ2v) is 6.51. The zero-order valence-electron chi connectivity index (χ0n) is 14.2. The van der Waals surface area contributed by atoms with Crippen LogP contribution >= 0.6 is 0 Å². The number of quaternary nitrogens is 1. The summed E-state index contributed by atoms with van der Waals surface area (Å²) in [6.45, 7) is 7.61. The zero-order valence-corrected chi connectivity index (χ0v) is 14.2. The van der Waals surface area contributed by atoms with Gasteiger partial charge in [-0.25, -0.2) is 0 Å². The number of ketones is 1. The van der Waals surface area contributed by atoms with E-state index in [4.69, 9.17) is 4.74 Å². The molecule has 1 aliphatic rings. The summed E-state index contributed by atoms with van der Waals surface area (Å²) >= 11 is 0. The highest BCUT2D eigenvalue weighted by Crippen LogP contribution is 2.04. The summed E-state index contributed by atoms with van der Waals surface area (Å²) in [5.74, 6) is -0.0849. The summed E-state index contributed by atoms with van der Waals surface area (Å²) in [6, 6.07) is 9.30. The van der Waals surface area contributed by atoms with Crippen molar-refractivity contribution in [3.8, 4) is 0 Å². The molecule has 0 saturated carbocycles. The fraction of sp³-hybridized carbons (Fsp3) is 0.556. The molecule has 2 N–H and O–H groups in total. The van der Waals surface area contributed by atoms with Gasteiger partial charge in [0.15, 0.2) is 12.3 Å². The van der Waals surface area contributed by atoms with Gasteiger partial charge < -0.3 is 15.0 Å². The number of carbonyl (C=O) groups excluding carboxylic acids is 2. The lowest BCUT2D eigenvalue weighted by Gasteiger charge is -2.32. The van der Waals surface area contributed by atoms with Crippen molar-refractivity contribution in [3.63, 3.8) is 0 Å². The van der Waals surface area contributed by atoms with E-state index in [1.165, 1.54) is 11.8 Å². The van der Waals surface area contributed by atoms with Crippen LogP contribution in [0.4, 0.5) is 0 Å². The van der Waals surface area contributed by atoms with Crippen LogP contribution in [0.5, 0.6) is 0 Å². The molecule has 1 aliphatic heterocycles. The van der Waals surface area contributed by atoms with E-state index in [-0.39, 0.29) is 23.9 Å². The lowest BCUT2D eigenvalue weighted by Crippen LogP contribution is -3.16. The minimum absolute atomic E-state index is 0.0130. The van der Waals surface area contributed by atoms with Gasteiger partial charge in [-0.15, -0.1) is 0 Å². The van der Waals surface area contributed by atoms with Crippen LogP contribution in [0.15, 0.2) is 30.3 Å². The molecule has 3 atom stereocenters. The van der Waals surface area contributed by atoms with Crippen molar-refractivity contribution in [2.75, 3.05) is 19.6 Å². The normalized spacial score (nSPS) is 25.6. The molecule has 1 heterocycles. The number of amides is 1. The summed E-state index contributed by atoms with van der Waals surface area (Å²) in [5.41, 5.74) is 1.05. The van der Waals surface area contributed by atoms with Crippen LogP contribution in [-0.4, -0.2) is 49.6 Å². The van der Waals surface area contributed by atoms with Crippen LogP contribution in [0.1, 0.15) is 26.3 Å². The van der Waals surface area contributed by atoms with Crippen LogP contribution in [0.3, 0.4) is 0 Å². The van der Waals surface area contributed by atoms with E-state index in [0.29, 0.717) is 13.0 Å². The number of Topliss-reactive ketones (excluding diaryl/α,β-unsaturated/α-hetero) is 1. The number of nitrogens with one attached hydrogen (secondary N) is 2. The van der Waals surface area contributed by atoms with Crippen LogP contribution in [-0.2, 0) is 20.7 Å². The molecule has 2 rings (SSSR count). The van der Waals surface area contributed by atoms with Crippen molar-refractivity contribution in [2.45, 2.75) is 45.4 Å². The van der Waals surface area contributed by atoms with Gasteiger partial charge in [-0.05, 0) is 32.8 Å². The Morgan fingerprint density at radius 1 is 1.22 bits per heavy atom. The van der Waals surface area contributed by atoms with Gasteiger partial charge in [0.05, 0.1) is 6.04 Å². The first-order chi connectivity index (χ1) is 10.9. The molecule has 5 heteroatoms. The first-order valence-electron chi connectivity index (χ1n) is 8.26. The third-order valence-corrected chi connectivity index (χ3v) is 4.14. The van der Waals surface area contributed by atoms with Crippen molar-refractivity contribution >= 4 is 11.7 Å². The molecule has 1 fully saturated rings. The van der Waals surface area contributed by atoms with Crippen LogP contribution in [0.2, 0.25) is 0 Å². The molecule has 1 saturated heterocycles. The van der Waals surface area contributed by atoms with E-state index in [2.05, 4.69) is 5.32 Å². The smallest absolute Gasteiger partial charge is 0.275 e. The Balaban J connectivity index is 1.89. The standard InChI is InChI=1S/C18H26N2O3/c1-13-10-20(11-14(2)23-13)12-18(22)19-17(15(3)21)9-16-7-5-4-6-8-16/h4-8,13-14,17H,9-12H2,1-3H3,(H,19,22)/p+1/t13-,14-,17-/m0/s1. The minimum Gasteiger partial charge on any atom is -0.364 e. The molecule has 126 valence electrons. The Morgan fingerprint density at radius 3 is 2.39 bits per heavy atom. The predicted molar refractivity (Wildman–Crippen MR) is 88.3 cm³/mol. The topological polar surface area (TPSA) is 59.8 Å². The van der Waals surface area contributed by atoms with Crippen molar-refractivity contribution in [1.29, 1.82) is 0 Å². The highest BCUT2D eigenvalue weighted by atomic mass is 16.5. The Kier molecular flexibility index (Phi) is 6.30. The number of morpholine rings is 1. The highest BCUT2D eigenvalue weighted by molar-refractivity contribution is 5.88. The van der Waals surface area contributed by atoms with Crippen molar-refractivity contribution in [3.05, 3.63) is 35.9 Å². The van der Waals surface area contributed by atoms with E-state index >= 15 is 0 Å². The van der Waals surface area contributed by atoms with E-state index in [0.717, 1.165) is 18.7 Å². The SMILES string of the molecule is CC(=O)[C@H](Cc1ccccc1)NC(=O)C[NH+]1C[C@H](C)O[C@@H](C)C1. The van der Waals surface area contributed by atoms with E-state index in [1.807, 2.05) is 44.2 Å². The predicted octanol–water partition coefficient (Wildman–Crippen LogP) is -0.00500. The Bertz CT molecular complexity index is 522. The molecule has 0 unspecified atom stereocenters. The average molecular weight is 319 g/mol. The molecule has 23 heavy (non-hydrogen) atoms. The van der Waals surface area contributed by atoms with E-state index < -0.39 is 6.04 Å². The van der Waals surface area contributed by atoms with E-state index in [9.17, 15) is 9.59 Å². The van der Waals surface area contributed by atoms with Crippen molar-refractivity contribution in [2.24, 2.45) is 0 Å². The maximum absolute atomic E-state index is 12.3. The second kappa shape index (κ2) is 8.22. The number of hydrogen-bond donors (Lipinski definition) is 2. The fourth-order valence-corrected chi connectivity index (χ4v) is 3.15. The third kappa shape index (κ3) is 5.77. The number of benzene rings is 1. The second-order valence-electron chi connectivity index (χ2n) is 6.51. The first kappa shape index (κ1) is 17.6. The molecular weight excluding hydrogens is 292 g/mol. The molecule has 1 aromatic rings. The first-order valence-corrected chi connectivity index (χ1v) is 8.26. The summed E-state index contributed by atoms with van der Waals surface area (Å²) in [7, 11) is 0. The van der Waals surface area contributed by atoms with Gasteiger partial charge in [0, 0.05) is 0 Å².